The van der Waals surface area contributed by atoms with Crippen molar-refractivity contribution in [1.29, 1.82) is 0 Å². The Labute approximate surface area is 70.3 Å². The summed E-state index contributed by atoms with van der Waals surface area (Å²) >= 11 is 0. The van der Waals surface area contributed by atoms with E-state index in [1.54, 1.807) is 0 Å². The van der Waals surface area contributed by atoms with Crippen molar-refractivity contribution in [3.05, 3.63) is 48.4 Å². The van der Waals surface area contributed by atoms with Crippen LogP contribution in [0.2, 0.25) is 0 Å². The van der Waals surface area contributed by atoms with Crippen LogP contribution >= 0.6 is 0 Å². The number of hydroxylamine groups is 1. The first-order valence-electron chi connectivity index (χ1n) is 3.62. The van der Waals surface area contributed by atoms with Gasteiger partial charge in [-0.1, -0.05) is 30.3 Å². The molecule has 1 heterocycles. The molecular weight excluding hydrogens is 152 g/mol. The number of amidine groups is 1. The second-order valence-corrected chi connectivity index (χ2v) is 2.42. The van der Waals surface area contributed by atoms with Gasteiger partial charge >= 0.3 is 0 Å². The zero-order valence-electron chi connectivity index (χ0n) is 6.45. The van der Waals surface area contributed by atoms with Crippen LogP contribution in [-0.4, -0.2) is 5.84 Å². The SMILES string of the molecule is C=C1N=C(c2ccccc2)NO1. The van der Waals surface area contributed by atoms with Crippen molar-refractivity contribution in [3.8, 4) is 0 Å². The molecule has 1 aliphatic heterocycles. The summed E-state index contributed by atoms with van der Waals surface area (Å²) in [4.78, 5) is 8.92. The third-order valence-corrected chi connectivity index (χ3v) is 1.55. The summed E-state index contributed by atoms with van der Waals surface area (Å²) in [7, 11) is 0. The van der Waals surface area contributed by atoms with Crippen LogP contribution in [0.15, 0.2) is 47.8 Å². The predicted octanol–water partition coefficient (Wildman–Crippen LogP) is 1.44. The van der Waals surface area contributed by atoms with Gasteiger partial charge in [0.05, 0.1) is 0 Å². The molecule has 12 heavy (non-hydrogen) atoms. The summed E-state index contributed by atoms with van der Waals surface area (Å²) in [6.45, 7) is 3.56. The molecule has 1 aliphatic rings. The molecule has 0 radical (unpaired) electrons. The topological polar surface area (TPSA) is 33.6 Å². The maximum Gasteiger partial charge on any atom is 0.240 e. The number of aliphatic imine (C=N–C) groups is 1. The Morgan fingerprint density at radius 2 is 2.00 bits per heavy atom. The van der Waals surface area contributed by atoms with E-state index in [4.69, 9.17) is 4.84 Å². The summed E-state index contributed by atoms with van der Waals surface area (Å²) in [6, 6.07) is 9.75. The van der Waals surface area contributed by atoms with Gasteiger partial charge in [0.1, 0.15) is 0 Å². The van der Waals surface area contributed by atoms with Crippen LogP contribution in [0.4, 0.5) is 0 Å². The van der Waals surface area contributed by atoms with E-state index in [1.165, 1.54) is 0 Å². The van der Waals surface area contributed by atoms with Gasteiger partial charge in [0.25, 0.3) is 0 Å². The molecule has 0 saturated heterocycles. The van der Waals surface area contributed by atoms with Crippen LogP contribution in [0.3, 0.4) is 0 Å². The first-order valence-corrected chi connectivity index (χ1v) is 3.62. The van der Waals surface area contributed by atoms with Crippen molar-refractivity contribution in [3.63, 3.8) is 0 Å². The molecule has 2 rings (SSSR count). The van der Waals surface area contributed by atoms with Gasteiger partial charge in [0.15, 0.2) is 5.84 Å². The predicted molar refractivity (Wildman–Crippen MR) is 46.3 cm³/mol. The Morgan fingerprint density at radius 1 is 1.25 bits per heavy atom. The number of nitrogens with zero attached hydrogens (tertiary/aromatic N) is 1. The van der Waals surface area contributed by atoms with Gasteiger partial charge in [-0.2, -0.15) is 4.99 Å². The lowest BCUT2D eigenvalue weighted by Gasteiger charge is -1.98. The minimum atomic E-state index is 0.397. The van der Waals surface area contributed by atoms with Crippen molar-refractivity contribution in [2.45, 2.75) is 0 Å². The summed E-state index contributed by atoms with van der Waals surface area (Å²) in [5.41, 5.74) is 3.67. The molecule has 1 aromatic rings. The van der Waals surface area contributed by atoms with E-state index in [-0.39, 0.29) is 0 Å². The molecule has 0 saturated carbocycles. The Hall–Kier alpha value is -1.77. The highest BCUT2D eigenvalue weighted by Crippen LogP contribution is 2.08. The van der Waals surface area contributed by atoms with Gasteiger partial charge in [-0.25, -0.2) is 5.48 Å². The number of rotatable bonds is 1. The van der Waals surface area contributed by atoms with Crippen LogP contribution in [0.25, 0.3) is 0 Å². The number of benzene rings is 1. The fourth-order valence-electron chi connectivity index (χ4n) is 0.997. The zero-order chi connectivity index (χ0) is 8.39. The highest BCUT2D eigenvalue weighted by molar-refractivity contribution is 5.99. The average Bonchev–Trinajstić information content (AvgIpc) is 2.54. The van der Waals surface area contributed by atoms with Crippen LogP contribution in [0.5, 0.6) is 0 Å². The third kappa shape index (κ3) is 1.16. The van der Waals surface area contributed by atoms with Crippen molar-refractivity contribution in [1.82, 2.24) is 5.48 Å². The Bertz CT molecular complexity index is 330. The first kappa shape index (κ1) is 6.91. The minimum Gasteiger partial charge on any atom is -0.361 e. The normalized spacial score (nSPS) is 15.0. The Morgan fingerprint density at radius 3 is 2.58 bits per heavy atom. The Kier molecular flexibility index (Phi) is 1.55. The van der Waals surface area contributed by atoms with Gasteiger partial charge < -0.3 is 4.84 Å². The molecule has 0 spiro atoms. The number of hydrogen-bond acceptors (Lipinski definition) is 3. The van der Waals surface area contributed by atoms with E-state index in [0.29, 0.717) is 11.7 Å². The molecule has 0 atom stereocenters. The number of nitrogens with one attached hydrogen (secondary N) is 1. The van der Waals surface area contributed by atoms with Gasteiger partial charge in [0, 0.05) is 5.56 Å². The standard InChI is InChI=1S/C9H8N2O/c1-7-10-9(11-12-7)8-5-3-2-4-6-8/h2-6H,1H2,(H,10,11). The molecule has 3 heteroatoms. The van der Waals surface area contributed by atoms with Crippen LogP contribution < -0.4 is 5.48 Å². The molecule has 60 valence electrons. The average molecular weight is 160 g/mol. The maximum absolute atomic E-state index is 4.87. The monoisotopic (exact) mass is 160 g/mol. The molecule has 1 N–H and O–H groups in total. The fraction of sp³-hybridized carbons (Fsp3) is 0. The third-order valence-electron chi connectivity index (χ3n) is 1.55. The van der Waals surface area contributed by atoms with Crippen molar-refractivity contribution >= 4 is 5.84 Å². The fourth-order valence-corrected chi connectivity index (χ4v) is 0.997. The minimum absolute atomic E-state index is 0.397. The molecular formula is C9H8N2O. The van der Waals surface area contributed by atoms with E-state index < -0.39 is 0 Å². The lowest BCUT2D eigenvalue weighted by atomic mass is 10.2. The number of hydrogen-bond donors (Lipinski definition) is 1. The summed E-state index contributed by atoms with van der Waals surface area (Å²) in [5.74, 6) is 1.11. The van der Waals surface area contributed by atoms with Gasteiger partial charge in [-0.15, -0.1) is 0 Å². The van der Waals surface area contributed by atoms with Gasteiger partial charge in [-0.3, -0.25) is 0 Å². The molecule has 0 aromatic heterocycles. The highest BCUT2D eigenvalue weighted by Gasteiger charge is 2.10. The van der Waals surface area contributed by atoms with E-state index in [2.05, 4.69) is 17.1 Å². The summed E-state index contributed by atoms with van der Waals surface area (Å²) in [6.07, 6.45) is 0. The van der Waals surface area contributed by atoms with E-state index >= 15 is 0 Å². The molecule has 3 nitrogen and oxygen atoms in total. The largest absolute Gasteiger partial charge is 0.361 e. The van der Waals surface area contributed by atoms with E-state index in [9.17, 15) is 0 Å². The van der Waals surface area contributed by atoms with Crippen molar-refractivity contribution in [2.24, 2.45) is 4.99 Å². The molecule has 0 aliphatic carbocycles. The molecule has 0 bridgehead atoms. The van der Waals surface area contributed by atoms with Crippen molar-refractivity contribution < 1.29 is 4.84 Å². The molecule has 1 aromatic carbocycles. The second kappa shape index (κ2) is 2.70. The zero-order valence-corrected chi connectivity index (χ0v) is 6.45. The summed E-state index contributed by atoms with van der Waals surface area (Å²) < 4.78 is 0. The molecule has 0 fully saturated rings. The van der Waals surface area contributed by atoms with Crippen molar-refractivity contribution in [2.75, 3.05) is 0 Å². The summed E-state index contributed by atoms with van der Waals surface area (Å²) in [5, 5.41) is 0. The van der Waals surface area contributed by atoms with Crippen LogP contribution in [0.1, 0.15) is 5.56 Å². The van der Waals surface area contributed by atoms with E-state index in [0.717, 1.165) is 5.56 Å². The smallest absolute Gasteiger partial charge is 0.240 e. The molecule has 0 unspecified atom stereocenters. The lowest BCUT2D eigenvalue weighted by molar-refractivity contribution is 0.179. The highest BCUT2D eigenvalue weighted by atomic mass is 16.7. The van der Waals surface area contributed by atoms with Crippen LogP contribution in [-0.2, 0) is 4.84 Å². The molecule has 0 amide bonds. The van der Waals surface area contributed by atoms with Gasteiger partial charge in [0.2, 0.25) is 5.88 Å². The van der Waals surface area contributed by atoms with Gasteiger partial charge in [-0.05, 0) is 6.58 Å². The maximum atomic E-state index is 4.87. The Balaban J connectivity index is 2.33. The quantitative estimate of drug-likeness (QED) is 0.674. The van der Waals surface area contributed by atoms with Crippen LogP contribution in [0, 0.1) is 0 Å². The van der Waals surface area contributed by atoms with E-state index in [1.807, 2.05) is 30.3 Å². The first-order chi connectivity index (χ1) is 5.86. The lowest BCUT2D eigenvalue weighted by Crippen LogP contribution is -2.17. The second-order valence-electron chi connectivity index (χ2n) is 2.42.